The first-order valence-corrected chi connectivity index (χ1v) is 7.21. The van der Waals surface area contributed by atoms with Crippen molar-refractivity contribution in [2.45, 2.75) is 4.83 Å². The molecule has 0 N–H and O–H groups in total. The van der Waals surface area contributed by atoms with Crippen molar-refractivity contribution in [1.82, 2.24) is 0 Å². The smallest absolute Gasteiger partial charge is 0.165 e. The molecule has 3 nitrogen and oxygen atoms in total. The monoisotopic (exact) mass is 354 g/mol. The molecule has 0 aliphatic heterocycles. The van der Waals surface area contributed by atoms with Crippen LogP contribution >= 0.6 is 15.9 Å². The van der Waals surface area contributed by atoms with Crippen LogP contribution in [0.1, 0.15) is 16.0 Å². The Balaban J connectivity index is 2.43. The lowest BCUT2D eigenvalue weighted by Crippen LogP contribution is -1.99. The van der Waals surface area contributed by atoms with Gasteiger partial charge in [-0.05, 0) is 35.9 Å². The van der Waals surface area contributed by atoms with Crippen molar-refractivity contribution in [2.24, 2.45) is 0 Å². The summed E-state index contributed by atoms with van der Waals surface area (Å²) < 4.78 is 29.4. The standard InChI is InChI=1S/C16H16BrFO3/c1-19-11-5-7-14(20-2)12(9-11)16(17)10-4-6-15(21-3)13(18)8-10/h4-9,16H,1-3H3. The first kappa shape index (κ1) is 15.6. The van der Waals surface area contributed by atoms with Gasteiger partial charge in [0.2, 0.25) is 0 Å². The Morgan fingerprint density at radius 2 is 1.57 bits per heavy atom. The summed E-state index contributed by atoms with van der Waals surface area (Å²) in [5.41, 5.74) is 1.63. The van der Waals surface area contributed by atoms with E-state index < -0.39 is 5.82 Å². The average Bonchev–Trinajstić information content (AvgIpc) is 2.53. The molecule has 112 valence electrons. The fourth-order valence-electron chi connectivity index (χ4n) is 2.06. The maximum atomic E-state index is 13.9. The lowest BCUT2D eigenvalue weighted by atomic mass is 10.0. The third-order valence-corrected chi connectivity index (χ3v) is 4.20. The summed E-state index contributed by atoms with van der Waals surface area (Å²) in [6.07, 6.45) is 0. The van der Waals surface area contributed by atoms with Crippen LogP contribution in [0, 0.1) is 5.82 Å². The summed E-state index contributed by atoms with van der Waals surface area (Å²) in [5.74, 6) is 1.23. The molecule has 1 atom stereocenters. The van der Waals surface area contributed by atoms with E-state index in [0.29, 0.717) is 11.5 Å². The third-order valence-electron chi connectivity index (χ3n) is 3.18. The molecule has 0 fully saturated rings. The van der Waals surface area contributed by atoms with Gasteiger partial charge in [0.15, 0.2) is 11.6 Å². The zero-order valence-electron chi connectivity index (χ0n) is 12.0. The first-order valence-electron chi connectivity index (χ1n) is 6.30. The highest BCUT2D eigenvalue weighted by Gasteiger charge is 2.18. The van der Waals surface area contributed by atoms with Crippen LogP contribution in [-0.4, -0.2) is 21.3 Å². The molecule has 1 unspecified atom stereocenters. The largest absolute Gasteiger partial charge is 0.497 e. The second-order valence-electron chi connectivity index (χ2n) is 4.36. The first-order chi connectivity index (χ1) is 10.1. The van der Waals surface area contributed by atoms with E-state index in [1.54, 1.807) is 26.4 Å². The van der Waals surface area contributed by atoms with Gasteiger partial charge in [0.05, 0.1) is 26.2 Å². The highest BCUT2D eigenvalue weighted by Crippen LogP contribution is 2.39. The van der Waals surface area contributed by atoms with Gasteiger partial charge in [-0.25, -0.2) is 4.39 Å². The fraction of sp³-hybridized carbons (Fsp3) is 0.250. The molecule has 0 bridgehead atoms. The van der Waals surface area contributed by atoms with Crippen LogP contribution in [0.3, 0.4) is 0 Å². The van der Waals surface area contributed by atoms with Crippen molar-refractivity contribution in [3.63, 3.8) is 0 Å². The normalized spacial score (nSPS) is 11.9. The Labute approximate surface area is 131 Å². The predicted octanol–water partition coefficient (Wildman–Crippen LogP) is 4.34. The van der Waals surface area contributed by atoms with Crippen LogP contribution < -0.4 is 14.2 Å². The summed E-state index contributed by atoms with van der Waals surface area (Å²) >= 11 is 3.59. The van der Waals surface area contributed by atoms with Gasteiger partial charge in [0.1, 0.15) is 11.5 Å². The van der Waals surface area contributed by atoms with Crippen molar-refractivity contribution in [3.05, 3.63) is 53.3 Å². The molecule has 0 saturated carbocycles. The molecule has 2 rings (SSSR count). The number of rotatable bonds is 5. The maximum absolute atomic E-state index is 13.9. The molecule has 0 aromatic heterocycles. The zero-order chi connectivity index (χ0) is 15.4. The topological polar surface area (TPSA) is 27.7 Å². The second-order valence-corrected chi connectivity index (χ2v) is 5.28. The molecule has 0 spiro atoms. The number of methoxy groups -OCH3 is 3. The Hall–Kier alpha value is -1.75. The molecule has 0 heterocycles. The summed E-state index contributed by atoms with van der Waals surface area (Å²) in [5, 5.41) is 0. The zero-order valence-corrected chi connectivity index (χ0v) is 13.6. The van der Waals surface area contributed by atoms with Crippen LogP contribution in [0.2, 0.25) is 0 Å². The number of alkyl halides is 1. The quantitative estimate of drug-likeness (QED) is 0.747. The van der Waals surface area contributed by atoms with Crippen molar-refractivity contribution < 1.29 is 18.6 Å². The molecular formula is C16H16BrFO3. The van der Waals surface area contributed by atoms with Crippen molar-refractivity contribution in [1.29, 1.82) is 0 Å². The number of halogens is 2. The number of hydrogen-bond acceptors (Lipinski definition) is 3. The Morgan fingerprint density at radius 3 is 2.14 bits per heavy atom. The maximum Gasteiger partial charge on any atom is 0.165 e. The minimum Gasteiger partial charge on any atom is -0.497 e. The van der Waals surface area contributed by atoms with Gasteiger partial charge in [-0.2, -0.15) is 0 Å². The van der Waals surface area contributed by atoms with Crippen LogP contribution in [0.25, 0.3) is 0 Å². The van der Waals surface area contributed by atoms with Gasteiger partial charge in [0.25, 0.3) is 0 Å². The van der Waals surface area contributed by atoms with Gasteiger partial charge < -0.3 is 14.2 Å². The Kier molecular flexibility index (Phi) is 5.07. The predicted molar refractivity (Wildman–Crippen MR) is 83.3 cm³/mol. The number of hydrogen-bond donors (Lipinski definition) is 0. The summed E-state index contributed by atoms with van der Waals surface area (Å²) in [6, 6.07) is 10.3. The van der Waals surface area contributed by atoms with E-state index in [1.807, 2.05) is 18.2 Å². The van der Waals surface area contributed by atoms with E-state index in [9.17, 15) is 4.39 Å². The molecular weight excluding hydrogens is 339 g/mol. The lowest BCUT2D eigenvalue weighted by Gasteiger charge is -2.16. The molecule has 0 aliphatic carbocycles. The van der Waals surface area contributed by atoms with Gasteiger partial charge in [0, 0.05) is 5.56 Å². The summed E-state index contributed by atoms with van der Waals surface area (Å²) in [6.45, 7) is 0. The lowest BCUT2D eigenvalue weighted by molar-refractivity contribution is 0.386. The molecule has 0 aliphatic rings. The summed E-state index contributed by atoms with van der Waals surface area (Å²) in [7, 11) is 4.64. The molecule has 0 radical (unpaired) electrons. The van der Waals surface area contributed by atoms with Gasteiger partial charge >= 0.3 is 0 Å². The van der Waals surface area contributed by atoms with E-state index in [4.69, 9.17) is 14.2 Å². The second kappa shape index (κ2) is 6.80. The molecule has 2 aromatic rings. The van der Waals surface area contributed by atoms with Crippen molar-refractivity contribution in [3.8, 4) is 17.2 Å². The van der Waals surface area contributed by atoms with Gasteiger partial charge in [-0.3, -0.25) is 0 Å². The van der Waals surface area contributed by atoms with Crippen molar-refractivity contribution in [2.75, 3.05) is 21.3 Å². The minimum absolute atomic E-state index is 0.219. The minimum atomic E-state index is -0.402. The average molecular weight is 355 g/mol. The van der Waals surface area contributed by atoms with Crippen LogP contribution in [-0.2, 0) is 0 Å². The van der Waals surface area contributed by atoms with E-state index in [0.717, 1.165) is 11.1 Å². The van der Waals surface area contributed by atoms with E-state index >= 15 is 0 Å². The van der Waals surface area contributed by atoms with Crippen molar-refractivity contribution >= 4 is 15.9 Å². The fourth-order valence-corrected chi connectivity index (χ4v) is 2.70. The number of ether oxygens (including phenoxy) is 3. The van der Waals surface area contributed by atoms with Crippen LogP contribution in [0.15, 0.2) is 36.4 Å². The highest BCUT2D eigenvalue weighted by molar-refractivity contribution is 9.09. The van der Waals surface area contributed by atoms with Crippen LogP contribution in [0.5, 0.6) is 17.2 Å². The van der Waals surface area contributed by atoms with E-state index in [2.05, 4.69) is 15.9 Å². The van der Waals surface area contributed by atoms with Crippen LogP contribution in [0.4, 0.5) is 4.39 Å². The van der Waals surface area contributed by atoms with E-state index in [-0.39, 0.29) is 10.6 Å². The Bertz CT molecular complexity index is 631. The molecule has 21 heavy (non-hydrogen) atoms. The highest BCUT2D eigenvalue weighted by atomic mass is 79.9. The SMILES string of the molecule is COc1ccc(OC)c(C(Br)c2ccc(OC)c(F)c2)c1. The molecule has 2 aromatic carbocycles. The molecule has 5 heteroatoms. The third kappa shape index (κ3) is 3.29. The number of benzene rings is 2. The molecule has 0 amide bonds. The van der Waals surface area contributed by atoms with E-state index in [1.165, 1.54) is 13.2 Å². The summed E-state index contributed by atoms with van der Waals surface area (Å²) in [4.78, 5) is -0.219. The molecule has 0 saturated heterocycles. The Morgan fingerprint density at radius 1 is 0.905 bits per heavy atom. The van der Waals surface area contributed by atoms with Gasteiger partial charge in [-0.1, -0.05) is 22.0 Å². The van der Waals surface area contributed by atoms with Gasteiger partial charge in [-0.15, -0.1) is 0 Å².